The Morgan fingerprint density at radius 2 is 1.84 bits per heavy atom. The molecule has 5 rings (SSSR count). The first-order valence-corrected chi connectivity index (χ1v) is 11.1. The summed E-state index contributed by atoms with van der Waals surface area (Å²) in [5.41, 5.74) is 5.05. The highest BCUT2D eigenvalue weighted by Crippen LogP contribution is 2.27. The van der Waals surface area contributed by atoms with Gasteiger partial charge in [-0.2, -0.15) is 0 Å². The Balaban J connectivity index is 1.26. The number of hydrogen-bond donors (Lipinski definition) is 1. The second kappa shape index (κ2) is 8.96. The molecule has 2 aliphatic rings. The molecule has 0 aliphatic carbocycles. The summed E-state index contributed by atoms with van der Waals surface area (Å²) in [6, 6.07) is 14.2. The predicted molar refractivity (Wildman–Crippen MR) is 126 cm³/mol. The summed E-state index contributed by atoms with van der Waals surface area (Å²) in [6.07, 6.45) is 7.35. The lowest BCUT2D eigenvalue weighted by atomic mass is 10.1. The van der Waals surface area contributed by atoms with Gasteiger partial charge < -0.3 is 19.9 Å². The molecule has 2 saturated heterocycles. The van der Waals surface area contributed by atoms with Crippen molar-refractivity contribution in [2.45, 2.75) is 25.9 Å². The molecule has 7 heteroatoms. The molecule has 1 aromatic carbocycles. The van der Waals surface area contributed by atoms with Crippen molar-refractivity contribution in [3.8, 4) is 11.1 Å². The van der Waals surface area contributed by atoms with E-state index in [4.69, 9.17) is 4.74 Å². The summed E-state index contributed by atoms with van der Waals surface area (Å²) in [6.45, 7) is 5.36. The van der Waals surface area contributed by atoms with Crippen molar-refractivity contribution < 1.29 is 9.53 Å². The predicted octanol–water partition coefficient (Wildman–Crippen LogP) is 4.24. The summed E-state index contributed by atoms with van der Waals surface area (Å²) in [5.74, 6) is 0.971. The Hall–Kier alpha value is -3.45. The molecule has 0 saturated carbocycles. The van der Waals surface area contributed by atoms with Crippen LogP contribution in [0.3, 0.4) is 0 Å². The quantitative estimate of drug-likeness (QED) is 0.654. The third kappa shape index (κ3) is 4.43. The number of rotatable bonds is 5. The molecule has 2 fully saturated rings. The van der Waals surface area contributed by atoms with Gasteiger partial charge in [0, 0.05) is 43.5 Å². The van der Waals surface area contributed by atoms with E-state index in [-0.39, 0.29) is 12.0 Å². The highest BCUT2D eigenvalue weighted by Gasteiger charge is 2.21. The normalized spacial score (nSPS) is 18.8. The summed E-state index contributed by atoms with van der Waals surface area (Å²) in [4.78, 5) is 25.1. The van der Waals surface area contributed by atoms with Crippen LogP contribution < -0.4 is 15.1 Å². The number of pyridine rings is 2. The molecule has 1 N–H and O–H groups in total. The van der Waals surface area contributed by atoms with E-state index in [1.807, 2.05) is 53.7 Å². The molecule has 4 heterocycles. The van der Waals surface area contributed by atoms with E-state index in [1.165, 1.54) is 0 Å². The van der Waals surface area contributed by atoms with Crippen molar-refractivity contribution in [1.82, 2.24) is 9.97 Å². The van der Waals surface area contributed by atoms with Gasteiger partial charge in [-0.3, -0.25) is 9.78 Å². The summed E-state index contributed by atoms with van der Waals surface area (Å²) < 4.78 is 5.64. The average molecular weight is 430 g/mol. The van der Waals surface area contributed by atoms with Gasteiger partial charge >= 0.3 is 0 Å². The lowest BCUT2D eigenvalue weighted by molar-refractivity contribution is -0.117. The number of carbonyl (C=O) groups excluding carboxylic acids is 1. The molecule has 0 radical (unpaired) electrons. The fourth-order valence-corrected chi connectivity index (χ4v) is 4.26. The van der Waals surface area contributed by atoms with E-state index in [2.05, 4.69) is 33.2 Å². The first-order valence-electron chi connectivity index (χ1n) is 11.1. The van der Waals surface area contributed by atoms with Crippen molar-refractivity contribution in [3.05, 3.63) is 61.1 Å². The van der Waals surface area contributed by atoms with Gasteiger partial charge in [-0.25, -0.2) is 4.98 Å². The molecule has 7 nitrogen and oxygen atoms in total. The smallest absolute Gasteiger partial charge is 0.227 e. The third-order valence-corrected chi connectivity index (χ3v) is 5.95. The second-order valence-corrected chi connectivity index (χ2v) is 8.31. The SMILES string of the molecule is CC1CN(c2cncc(Nc3ccc(-c4ccc(N5CCCC5=O)cc4)cn3)c2)CCO1. The van der Waals surface area contributed by atoms with Crippen LogP contribution in [0.4, 0.5) is 22.9 Å². The molecule has 2 aromatic heterocycles. The number of nitrogens with one attached hydrogen (secondary N) is 1. The van der Waals surface area contributed by atoms with Crippen molar-refractivity contribution in [2.75, 3.05) is 41.4 Å². The Morgan fingerprint density at radius 1 is 1.00 bits per heavy atom. The lowest BCUT2D eigenvalue weighted by Gasteiger charge is -2.32. The number of ether oxygens (including phenoxy) is 1. The van der Waals surface area contributed by atoms with E-state index < -0.39 is 0 Å². The van der Waals surface area contributed by atoms with Crippen molar-refractivity contribution in [2.24, 2.45) is 0 Å². The van der Waals surface area contributed by atoms with Crippen LogP contribution in [0.1, 0.15) is 19.8 Å². The van der Waals surface area contributed by atoms with Gasteiger partial charge in [-0.15, -0.1) is 0 Å². The van der Waals surface area contributed by atoms with Gasteiger partial charge in [0.25, 0.3) is 0 Å². The molecule has 1 unspecified atom stereocenters. The molecule has 32 heavy (non-hydrogen) atoms. The fraction of sp³-hybridized carbons (Fsp3) is 0.320. The maximum absolute atomic E-state index is 11.9. The Labute approximate surface area is 188 Å². The van der Waals surface area contributed by atoms with E-state index in [0.29, 0.717) is 6.42 Å². The zero-order valence-electron chi connectivity index (χ0n) is 18.2. The zero-order chi connectivity index (χ0) is 21.9. The fourth-order valence-electron chi connectivity index (χ4n) is 4.26. The number of benzene rings is 1. The monoisotopic (exact) mass is 429 g/mol. The van der Waals surface area contributed by atoms with E-state index in [0.717, 1.165) is 66.7 Å². The number of aromatic nitrogens is 2. The largest absolute Gasteiger partial charge is 0.375 e. The highest BCUT2D eigenvalue weighted by atomic mass is 16.5. The number of nitrogens with zero attached hydrogens (tertiary/aromatic N) is 4. The molecular formula is C25H27N5O2. The number of anilines is 4. The van der Waals surface area contributed by atoms with Gasteiger partial charge in [-0.05, 0) is 49.2 Å². The van der Waals surface area contributed by atoms with Crippen molar-refractivity contribution in [1.29, 1.82) is 0 Å². The average Bonchev–Trinajstić information content (AvgIpc) is 3.26. The third-order valence-electron chi connectivity index (χ3n) is 5.95. The van der Waals surface area contributed by atoms with Gasteiger partial charge in [0.15, 0.2) is 0 Å². The van der Waals surface area contributed by atoms with Crippen molar-refractivity contribution in [3.63, 3.8) is 0 Å². The van der Waals surface area contributed by atoms with Crippen LogP contribution in [0.2, 0.25) is 0 Å². The molecule has 2 aliphatic heterocycles. The number of amides is 1. The van der Waals surface area contributed by atoms with Gasteiger partial charge in [-0.1, -0.05) is 12.1 Å². The van der Waals surface area contributed by atoms with Crippen LogP contribution in [-0.2, 0) is 9.53 Å². The summed E-state index contributed by atoms with van der Waals surface area (Å²) in [5, 5.41) is 3.35. The first-order chi connectivity index (χ1) is 15.7. The first kappa shape index (κ1) is 20.5. The topological polar surface area (TPSA) is 70.6 Å². The molecular weight excluding hydrogens is 402 g/mol. The molecule has 0 bridgehead atoms. The minimum Gasteiger partial charge on any atom is -0.375 e. The minimum atomic E-state index is 0.205. The van der Waals surface area contributed by atoms with Crippen molar-refractivity contribution >= 4 is 28.8 Å². The van der Waals surface area contributed by atoms with E-state index in [1.54, 1.807) is 6.20 Å². The van der Waals surface area contributed by atoms with Gasteiger partial charge in [0.1, 0.15) is 5.82 Å². The van der Waals surface area contributed by atoms with Crippen LogP contribution in [0.5, 0.6) is 0 Å². The van der Waals surface area contributed by atoms with Gasteiger partial charge in [0.05, 0.1) is 36.5 Å². The summed E-state index contributed by atoms with van der Waals surface area (Å²) in [7, 11) is 0. The maximum atomic E-state index is 11.9. The Kier molecular flexibility index (Phi) is 5.73. The molecule has 3 aromatic rings. The number of morpholine rings is 1. The Bertz CT molecular complexity index is 1080. The number of hydrogen-bond acceptors (Lipinski definition) is 6. The number of carbonyl (C=O) groups is 1. The lowest BCUT2D eigenvalue weighted by Crippen LogP contribution is -2.41. The maximum Gasteiger partial charge on any atom is 0.227 e. The van der Waals surface area contributed by atoms with Crippen LogP contribution in [0.25, 0.3) is 11.1 Å². The van der Waals surface area contributed by atoms with E-state index >= 15 is 0 Å². The van der Waals surface area contributed by atoms with E-state index in [9.17, 15) is 4.79 Å². The standard InChI is InChI=1S/C25H27N5O2/c1-18-17-29(11-12-32-18)23-13-21(15-26-16-23)28-24-9-6-20(14-27-24)19-4-7-22(8-5-19)30-10-2-3-25(30)31/h4-9,13-16,18H,2-3,10-12,17H2,1H3,(H,27,28). The van der Waals surface area contributed by atoms with Crippen LogP contribution in [0, 0.1) is 0 Å². The minimum absolute atomic E-state index is 0.205. The molecule has 0 spiro atoms. The molecule has 1 atom stereocenters. The van der Waals surface area contributed by atoms with Crippen LogP contribution >= 0.6 is 0 Å². The zero-order valence-corrected chi connectivity index (χ0v) is 18.2. The second-order valence-electron chi connectivity index (χ2n) is 8.31. The molecule has 1 amide bonds. The Morgan fingerprint density at radius 3 is 2.56 bits per heavy atom. The van der Waals surface area contributed by atoms with Crippen LogP contribution in [0.15, 0.2) is 61.1 Å². The van der Waals surface area contributed by atoms with Gasteiger partial charge in [0.2, 0.25) is 5.91 Å². The van der Waals surface area contributed by atoms with Crippen LogP contribution in [-0.4, -0.2) is 48.2 Å². The molecule has 164 valence electrons. The summed E-state index contributed by atoms with van der Waals surface area (Å²) >= 11 is 0. The highest BCUT2D eigenvalue weighted by molar-refractivity contribution is 5.95.